The monoisotopic (exact) mass is 434 g/mol. The van der Waals surface area contributed by atoms with Gasteiger partial charge in [0.15, 0.2) is 0 Å². The van der Waals surface area contributed by atoms with Crippen molar-refractivity contribution >= 4 is 16.6 Å². The summed E-state index contributed by atoms with van der Waals surface area (Å²) in [6.45, 7) is 4.77. The molecule has 162 valence electrons. The molecule has 0 atom stereocenters. The fourth-order valence-electron chi connectivity index (χ4n) is 4.02. The molecule has 0 amide bonds. The number of nitrogens with zero attached hydrogens (tertiary/aromatic N) is 3. The Morgan fingerprint density at radius 3 is 2.48 bits per heavy atom. The third-order valence-corrected chi connectivity index (χ3v) is 5.66. The molecule has 0 aliphatic heterocycles. The van der Waals surface area contributed by atoms with Crippen molar-refractivity contribution in [2.45, 2.75) is 20.4 Å². The SMILES string of the molecule is Cc1cccc(-c2ncc(CNc3nccc4cc(-c5cccc(F)c5)ncc34)cc2C)c1. The highest BCUT2D eigenvalue weighted by atomic mass is 19.1. The predicted octanol–water partition coefficient (Wildman–Crippen LogP) is 6.73. The van der Waals surface area contributed by atoms with Gasteiger partial charge in [0, 0.05) is 41.6 Å². The maximum atomic E-state index is 13.6. The molecular weight excluding hydrogens is 411 g/mol. The number of fused-ring (bicyclic) bond motifs is 1. The molecule has 4 nitrogen and oxygen atoms in total. The van der Waals surface area contributed by atoms with Crippen LogP contribution in [0, 0.1) is 19.7 Å². The third-order valence-electron chi connectivity index (χ3n) is 5.66. The molecule has 33 heavy (non-hydrogen) atoms. The molecule has 3 heterocycles. The first-order valence-corrected chi connectivity index (χ1v) is 10.8. The van der Waals surface area contributed by atoms with Gasteiger partial charge in [-0.3, -0.25) is 9.97 Å². The van der Waals surface area contributed by atoms with Crippen LogP contribution in [0.1, 0.15) is 16.7 Å². The van der Waals surface area contributed by atoms with E-state index in [1.165, 1.54) is 17.7 Å². The lowest BCUT2D eigenvalue weighted by molar-refractivity contribution is 0.628. The molecule has 0 aliphatic carbocycles. The molecule has 5 rings (SSSR count). The van der Waals surface area contributed by atoms with Crippen LogP contribution in [0.5, 0.6) is 0 Å². The number of benzene rings is 2. The average Bonchev–Trinajstić information content (AvgIpc) is 2.82. The Labute approximate surface area is 192 Å². The topological polar surface area (TPSA) is 50.7 Å². The molecular formula is C28H23FN4. The second-order valence-corrected chi connectivity index (χ2v) is 8.19. The van der Waals surface area contributed by atoms with E-state index in [0.717, 1.165) is 50.2 Å². The van der Waals surface area contributed by atoms with Crippen LogP contribution in [0.2, 0.25) is 0 Å². The summed E-state index contributed by atoms with van der Waals surface area (Å²) in [6, 6.07) is 20.9. The molecule has 5 aromatic rings. The standard InChI is InChI=1S/C28H23FN4/c1-18-5-3-7-23(11-18)27-19(2)12-20(15-32-27)16-33-28-25-17-31-26(14-21(25)9-10-30-28)22-6-4-8-24(29)13-22/h3-15,17H,16H2,1-2H3,(H,30,33). The molecule has 5 heteroatoms. The molecule has 0 saturated heterocycles. The lowest BCUT2D eigenvalue weighted by atomic mass is 10.0. The average molecular weight is 435 g/mol. The Morgan fingerprint density at radius 1 is 0.818 bits per heavy atom. The number of aromatic nitrogens is 3. The zero-order valence-electron chi connectivity index (χ0n) is 18.5. The first-order valence-electron chi connectivity index (χ1n) is 10.8. The molecule has 0 fully saturated rings. The van der Waals surface area contributed by atoms with Gasteiger partial charge in [-0.1, -0.05) is 42.0 Å². The highest BCUT2D eigenvalue weighted by Crippen LogP contribution is 2.27. The second-order valence-electron chi connectivity index (χ2n) is 8.19. The lowest BCUT2D eigenvalue weighted by Gasteiger charge is -2.12. The highest BCUT2D eigenvalue weighted by Gasteiger charge is 2.09. The number of pyridine rings is 3. The maximum absolute atomic E-state index is 13.6. The van der Waals surface area contributed by atoms with Crippen LogP contribution in [0.25, 0.3) is 33.3 Å². The first kappa shape index (κ1) is 20.8. The highest BCUT2D eigenvalue weighted by molar-refractivity contribution is 5.93. The minimum absolute atomic E-state index is 0.274. The second kappa shape index (κ2) is 8.79. The van der Waals surface area contributed by atoms with E-state index in [1.807, 2.05) is 24.4 Å². The smallest absolute Gasteiger partial charge is 0.135 e. The summed E-state index contributed by atoms with van der Waals surface area (Å²) >= 11 is 0. The fraction of sp³-hybridized carbons (Fsp3) is 0.107. The summed E-state index contributed by atoms with van der Waals surface area (Å²) in [4.78, 5) is 13.8. The fourth-order valence-corrected chi connectivity index (χ4v) is 4.02. The van der Waals surface area contributed by atoms with Crippen LogP contribution in [0.15, 0.2) is 85.3 Å². The molecule has 0 bridgehead atoms. The van der Waals surface area contributed by atoms with Crippen molar-refractivity contribution in [2.75, 3.05) is 5.32 Å². The van der Waals surface area contributed by atoms with Crippen LogP contribution >= 0.6 is 0 Å². The molecule has 1 N–H and O–H groups in total. The predicted molar refractivity (Wildman–Crippen MR) is 131 cm³/mol. The van der Waals surface area contributed by atoms with Gasteiger partial charge in [0.05, 0.1) is 11.4 Å². The van der Waals surface area contributed by atoms with Crippen LogP contribution in [0.3, 0.4) is 0 Å². The van der Waals surface area contributed by atoms with E-state index in [0.29, 0.717) is 6.54 Å². The Hall–Kier alpha value is -4.12. The van der Waals surface area contributed by atoms with E-state index in [-0.39, 0.29) is 5.82 Å². The van der Waals surface area contributed by atoms with Gasteiger partial charge >= 0.3 is 0 Å². The Bertz CT molecular complexity index is 1460. The molecule has 0 spiro atoms. The number of hydrogen-bond acceptors (Lipinski definition) is 4. The van der Waals surface area contributed by atoms with Crippen molar-refractivity contribution in [3.8, 4) is 22.5 Å². The molecule has 0 unspecified atom stereocenters. The van der Waals surface area contributed by atoms with Crippen molar-refractivity contribution in [2.24, 2.45) is 0 Å². The van der Waals surface area contributed by atoms with Gasteiger partial charge in [-0.15, -0.1) is 0 Å². The number of rotatable bonds is 5. The third kappa shape index (κ3) is 4.44. The van der Waals surface area contributed by atoms with Gasteiger partial charge in [0.2, 0.25) is 0 Å². The van der Waals surface area contributed by atoms with Crippen molar-refractivity contribution in [1.82, 2.24) is 15.0 Å². The minimum Gasteiger partial charge on any atom is -0.365 e. The van der Waals surface area contributed by atoms with Gasteiger partial charge in [-0.25, -0.2) is 9.37 Å². The van der Waals surface area contributed by atoms with Gasteiger partial charge in [0.25, 0.3) is 0 Å². The normalized spacial score (nSPS) is 11.0. The van der Waals surface area contributed by atoms with Crippen molar-refractivity contribution < 1.29 is 4.39 Å². The summed E-state index contributed by atoms with van der Waals surface area (Å²) in [5.41, 5.74) is 7.03. The van der Waals surface area contributed by atoms with E-state index in [2.05, 4.69) is 59.5 Å². The summed E-state index contributed by atoms with van der Waals surface area (Å²) < 4.78 is 13.6. The van der Waals surface area contributed by atoms with Crippen molar-refractivity contribution in [1.29, 1.82) is 0 Å². The Morgan fingerprint density at radius 2 is 1.67 bits per heavy atom. The van der Waals surface area contributed by atoms with E-state index in [9.17, 15) is 4.39 Å². The molecule has 2 aromatic carbocycles. The van der Waals surface area contributed by atoms with E-state index in [4.69, 9.17) is 4.98 Å². The molecule has 0 aliphatic rings. The van der Waals surface area contributed by atoms with Crippen molar-refractivity contribution in [3.63, 3.8) is 0 Å². The zero-order valence-corrected chi connectivity index (χ0v) is 18.5. The zero-order chi connectivity index (χ0) is 22.8. The summed E-state index contributed by atoms with van der Waals surface area (Å²) in [6.07, 6.45) is 5.46. The van der Waals surface area contributed by atoms with Crippen LogP contribution < -0.4 is 5.32 Å². The molecule has 0 radical (unpaired) electrons. The summed E-state index contributed by atoms with van der Waals surface area (Å²) in [5, 5.41) is 5.32. The first-order chi connectivity index (χ1) is 16.1. The lowest BCUT2D eigenvalue weighted by Crippen LogP contribution is -2.03. The number of anilines is 1. The number of nitrogens with one attached hydrogen (secondary N) is 1. The largest absolute Gasteiger partial charge is 0.365 e. The minimum atomic E-state index is -0.274. The Balaban J connectivity index is 1.38. The van der Waals surface area contributed by atoms with Gasteiger partial charge in [0.1, 0.15) is 11.6 Å². The molecule has 0 saturated carbocycles. The summed E-state index contributed by atoms with van der Waals surface area (Å²) in [7, 11) is 0. The van der Waals surface area contributed by atoms with E-state index >= 15 is 0 Å². The maximum Gasteiger partial charge on any atom is 0.135 e. The van der Waals surface area contributed by atoms with Crippen LogP contribution in [0.4, 0.5) is 10.2 Å². The van der Waals surface area contributed by atoms with Gasteiger partial charge < -0.3 is 5.32 Å². The number of hydrogen-bond donors (Lipinski definition) is 1. The van der Waals surface area contributed by atoms with Crippen LogP contribution in [-0.4, -0.2) is 15.0 Å². The Kier molecular flexibility index (Phi) is 5.53. The number of halogens is 1. The quantitative estimate of drug-likeness (QED) is 0.333. The van der Waals surface area contributed by atoms with Crippen molar-refractivity contribution in [3.05, 3.63) is 108 Å². The van der Waals surface area contributed by atoms with E-state index in [1.54, 1.807) is 18.5 Å². The van der Waals surface area contributed by atoms with E-state index < -0.39 is 0 Å². The van der Waals surface area contributed by atoms with Crippen LogP contribution in [-0.2, 0) is 6.54 Å². The van der Waals surface area contributed by atoms with Gasteiger partial charge in [-0.2, -0.15) is 0 Å². The molecule has 3 aromatic heterocycles. The number of aryl methyl sites for hydroxylation is 2. The summed E-state index contributed by atoms with van der Waals surface area (Å²) in [5.74, 6) is 0.481. The van der Waals surface area contributed by atoms with Gasteiger partial charge in [-0.05, 0) is 60.7 Å².